The molecular weight excluding hydrogens is 300 g/mol. The highest BCUT2D eigenvalue weighted by Gasteiger charge is 2.14. The van der Waals surface area contributed by atoms with Crippen LogP contribution in [0.4, 0.5) is 0 Å². The van der Waals surface area contributed by atoms with Crippen molar-refractivity contribution in [3.63, 3.8) is 0 Å². The van der Waals surface area contributed by atoms with Crippen LogP contribution < -0.4 is 15.4 Å². The zero-order chi connectivity index (χ0) is 16.2. The normalized spacial score (nSPS) is 18.2. The molecule has 0 saturated carbocycles. The summed E-state index contributed by atoms with van der Waals surface area (Å²) in [4.78, 5) is 4.61. The van der Waals surface area contributed by atoms with Crippen LogP contribution in [0.3, 0.4) is 0 Å². The standard InChI is InChI=1S/C15H24N4O2S/c1-11(2)8-18-22(20,21)14-6-4-13(5-7-14)10-17-15-16-9-12(3)19-15/h4-7,11-12,18H,8-10H2,1-3H3,(H2,16,17,19). The summed E-state index contributed by atoms with van der Waals surface area (Å²) in [5, 5.41) is 6.42. The Balaban J connectivity index is 1.92. The Morgan fingerprint density at radius 3 is 2.55 bits per heavy atom. The molecule has 1 heterocycles. The minimum atomic E-state index is -3.42. The molecule has 0 amide bonds. The summed E-state index contributed by atoms with van der Waals surface area (Å²) in [6, 6.07) is 7.26. The molecule has 22 heavy (non-hydrogen) atoms. The van der Waals surface area contributed by atoms with E-state index in [1.54, 1.807) is 12.1 Å². The molecule has 0 aliphatic carbocycles. The van der Waals surface area contributed by atoms with Crippen LogP contribution in [-0.2, 0) is 16.6 Å². The Bertz CT molecular complexity index is 623. The van der Waals surface area contributed by atoms with Crippen molar-refractivity contribution < 1.29 is 8.42 Å². The third-order valence-electron chi connectivity index (χ3n) is 3.28. The summed E-state index contributed by atoms with van der Waals surface area (Å²) < 4.78 is 26.8. The average Bonchev–Trinajstić information content (AvgIpc) is 2.89. The number of nitrogens with one attached hydrogen (secondary N) is 3. The van der Waals surface area contributed by atoms with Crippen LogP contribution in [0.5, 0.6) is 0 Å². The summed E-state index contributed by atoms with van der Waals surface area (Å²) >= 11 is 0. The van der Waals surface area contributed by atoms with Gasteiger partial charge in [-0.2, -0.15) is 0 Å². The molecule has 7 heteroatoms. The highest BCUT2D eigenvalue weighted by Crippen LogP contribution is 2.11. The van der Waals surface area contributed by atoms with Crippen molar-refractivity contribution in [1.82, 2.24) is 15.4 Å². The summed E-state index contributed by atoms with van der Waals surface area (Å²) in [6.45, 7) is 7.84. The number of benzene rings is 1. The second-order valence-corrected chi connectivity index (χ2v) is 7.74. The minimum Gasteiger partial charge on any atom is -0.352 e. The van der Waals surface area contributed by atoms with E-state index in [2.05, 4.69) is 27.3 Å². The van der Waals surface area contributed by atoms with Crippen molar-refractivity contribution in [2.24, 2.45) is 10.9 Å². The predicted molar refractivity (Wildman–Crippen MR) is 88.2 cm³/mol. The van der Waals surface area contributed by atoms with Gasteiger partial charge in [-0.25, -0.2) is 13.1 Å². The lowest BCUT2D eigenvalue weighted by molar-refractivity contribution is 0.560. The van der Waals surface area contributed by atoms with Gasteiger partial charge < -0.3 is 10.6 Å². The van der Waals surface area contributed by atoms with E-state index in [4.69, 9.17) is 0 Å². The maximum atomic E-state index is 12.1. The minimum absolute atomic E-state index is 0.278. The van der Waals surface area contributed by atoms with Gasteiger partial charge in [0.25, 0.3) is 0 Å². The highest BCUT2D eigenvalue weighted by molar-refractivity contribution is 7.89. The lowest BCUT2D eigenvalue weighted by Gasteiger charge is -2.11. The molecule has 0 radical (unpaired) electrons. The molecule has 0 spiro atoms. The average molecular weight is 324 g/mol. The van der Waals surface area contributed by atoms with Gasteiger partial charge in [0.05, 0.1) is 11.4 Å². The van der Waals surface area contributed by atoms with Gasteiger partial charge in [-0.3, -0.25) is 4.99 Å². The van der Waals surface area contributed by atoms with E-state index in [9.17, 15) is 8.42 Å². The number of hydrogen-bond acceptors (Lipinski definition) is 5. The molecule has 0 aromatic heterocycles. The molecule has 1 aromatic carbocycles. The first-order chi connectivity index (χ1) is 10.4. The van der Waals surface area contributed by atoms with Crippen LogP contribution in [0.15, 0.2) is 34.2 Å². The van der Waals surface area contributed by atoms with Crippen molar-refractivity contribution in [3.8, 4) is 0 Å². The fourth-order valence-corrected chi connectivity index (χ4v) is 3.21. The first kappa shape index (κ1) is 16.8. The van der Waals surface area contributed by atoms with Crippen molar-refractivity contribution >= 4 is 16.0 Å². The van der Waals surface area contributed by atoms with Crippen molar-refractivity contribution in [2.75, 3.05) is 13.1 Å². The van der Waals surface area contributed by atoms with Gasteiger partial charge in [-0.15, -0.1) is 0 Å². The predicted octanol–water partition coefficient (Wildman–Crippen LogP) is 1.06. The van der Waals surface area contributed by atoms with Gasteiger partial charge in [0.15, 0.2) is 5.96 Å². The van der Waals surface area contributed by atoms with Crippen LogP contribution in [0.1, 0.15) is 26.3 Å². The molecule has 122 valence electrons. The first-order valence-electron chi connectivity index (χ1n) is 7.50. The van der Waals surface area contributed by atoms with E-state index in [-0.39, 0.29) is 5.92 Å². The maximum absolute atomic E-state index is 12.1. The van der Waals surface area contributed by atoms with Crippen molar-refractivity contribution in [1.29, 1.82) is 0 Å². The zero-order valence-electron chi connectivity index (χ0n) is 13.3. The van der Waals surface area contributed by atoms with E-state index < -0.39 is 10.0 Å². The second kappa shape index (κ2) is 7.11. The number of sulfonamides is 1. The molecule has 1 aliphatic rings. The zero-order valence-corrected chi connectivity index (χ0v) is 14.1. The third kappa shape index (κ3) is 4.71. The number of aliphatic imine (C=N–C) groups is 1. The Kier molecular flexibility index (Phi) is 5.42. The highest BCUT2D eigenvalue weighted by atomic mass is 32.2. The van der Waals surface area contributed by atoms with Gasteiger partial charge in [-0.1, -0.05) is 26.0 Å². The Morgan fingerprint density at radius 2 is 2.00 bits per heavy atom. The molecule has 6 nitrogen and oxygen atoms in total. The fraction of sp³-hybridized carbons (Fsp3) is 0.533. The lowest BCUT2D eigenvalue weighted by atomic mass is 10.2. The van der Waals surface area contributed by atoms with E-state index in [0.29, 0.717) is 24.0 Å². The Hall–Kier alpha value is -1.60. The van der Waals surface area contributed by atoms with Crippen LogP contribution in [0.25, 0.3) is 0 Å². The quantitative estimate of drug-likeness (QED) is 0.731. The van der Waals surface area contributed by atoms with Crippen LogP contribution in [0.2, 0.25) is 0 Å². The van der Waals surface area contributed by atoms with Crippen molar-refractivity contribution in [2.45, 2.75) is 38.3 Å². The topological polar surface area (TPSA) is 82.6 Å². The van der Waals surface area contributed by atoms with Gasteiger partial charge in [-0.05, 0) is 30.5 Å². The number of rotatable bonds is 6. The van der Waals surface area contributed by atoms with E-state index in [0.717, 1.165) is 18.1 Å². The molecule has 1 aromatic rings. The largest absolute Gasteiger partial charge is 0.352 e. The summed E-state index contributed by atoms with van der Waals surface area (Å²) in [7, 11) is -3.42. The molecule has 0 saturated heterocycles. The molecule has 1 aliphatic heterocycles. The molecule has 1 unspecified atom stereocenters. The van der Waals surface area contributed by atoms with Gasteiger partial charge in [0.1, 0.15) is 0 Å². The number of nitrogens with zero attached hydrogens (tertiary/aromatic N) is 1. The van der Waals surface area contributed by atoms with Crippen LogP contribution in [-0.4, -0.2) is 33.5 Å². The molecule has 0 fully saturated rings. The van der Waals surface area contributed by atoms with E-state index >= 15 is 0 Å². The molecule has 3 N–H and O–H groups in total. The Morgan fingerprint density at radius 1 is 1.32 bits per heavy atom. The number of hydrogen-bond donors (Lipinski definition) is 3. The molecular formula is C15H24N4O2S. The fourth-order valence-electron chi connectivity index (χ4n) is 1.99. The Labute approximate surface area is 132 Å². The SMILES string of the molecule is CC(C)CNS(=O)(=O)c1ccc(CNC2=NCC(C)N2)cc1. The summed E-state index contributed by atoms with van der Waals surface area (Å²) in [5.74, 6) is 1.07. The van der Waals surface area contributed by atoms with Gasteiger partial charge in [0.2, 0.25) is 10.0 Å². The lowest BCUT2D eigenvalue weighted by Crippen LogP contribution is -2.37. The molecule has 1 atom stereocenters. The summed E-state index contributed by atoms with van der Waals surface area (Å²) in [6.07, 6.45) is 0. The van der Waals surface area contributed by atoms with E-state index in [1.165, 1.54) is 0 Å². The van der Waals surface area contributed by atoms with E-state index in [1.807, 2.05) is 26.0 Å². The van der Waals surface area contributed by atoms with Crippen LogP contribution in [0, 0.1) is 5.92 Å². The molecule has 2 rings (SSSR count). The number of guanidine groups is 1. The van der Waals surface area contributed by atoms with Gasteiger partial charge >= 0.3 is 0 Å². The van der Waals surface area contributed by atoms with Crippen LogP contribution >= 0.6 is 0 Å². The molecule has 0 bridgehead atoms. The second-order valence-electron chi connectivity index (χ2n) is 5.98. The first-order valence-corrected chi connectivity index (χ1v) is 8.98. The third-order valence-corrected chi connectivity index (χ3v) is 4.72. The van der Waals surface area contributed by atoms with Crippen molar-refractivity contribution in [3.05, 3.63) is 29.8 Å². The summed E-state index contributed by atoms with van der Waals surface area (Å²) in [5.41, 5.74) is 1.01. The monoisotopic (exact) mass is 324 g/mol. The van der Waals surface area contributed by atoms with Gasteiger partial charge in [0, 0.05) is 19.1 Å². The maximum Gasteiger partial charge on any atom is 0.240 e. The smallest absolute Gasteiger partial charge is 0.240 e.